The van der Waals surface area contributed by atoms with Gasteiger partial charge in [0.15, 0.2) is 0 Å². The summed E-state index contributed by atoms with van der Waals surface area (Å²) in [5.74, 6) is -0.354. The van der Waals surface area contributed by atoms with Crippen molar-refractivity contribution in [2.24, 2.45) is 11.8 Å². The average Bonchev–Trinajstić information content (AvgIpc) is 2.32. The molecule has 0 bridgehead atoms. The van der Waals surface area contributed by atoms with Gasteiger partial charge >= 0.3 is 5.97 Å². The van der Waals surface area contributed by atoms with E-state index in [1.165, 1.54) is 6.42 Å². The van der Waals surface area contributed by atoms with Gasteiger partial charge in [-0.1, -0.05) is 38.0 Å². The molecule has 0 spiro atoms. The Labute approximate surface area is 108 Å². The molecule has 1 aromatic carbocycles. The number of nitrogen functional groups attached to an aromatic ring is 1. The van der Waals surface area contributed by atoms with E-state index in [9.17, 15) is 9.90 Å². The minimum absolute atomic E-state index is 0.218. The summed E-state index contributed by atoms with van der Waals surface area (Å²) in [4.78, 5) is 11.6. The third kappa shape index (κ3) is 2.66. The van der Waals surface area contributed by atoms with Crippen LogP contribution in [0.25, 0.3) is 0 Å². The summed E-state index contributed by atoms with van der Waals surface area (Å²) >= 11 is 0. The third-order valence-electron chi connectivity index (χ3n) is 4.05. The molecule has 0 heterocycles. The monoisotopic (exact) mass is 247 g/mol. The molecule has 0 aromatic heterocycles. The molecule has 18 heavy (non-hydrogen) atoms. The van der Waals surface area contributed by atoms with Crippen molar-refractivity contribution in [1.82, 2.24) is 0 Å². The zero-order chi connectivity index (χ0) is 13.1. The van der Waals surface area contributed by atoms with E-state index in [4.69, 9.17) is 5.73 Å². The Hall–Kier alpha value is -1.51. The van der Waals surface area contributed by atoms with E-state index in [0.29, 0.717) is 11.6 Å². The summed E-state index contributed by atoms with van der Waals surface area (Å²) in [6.45, 7) is 2.21. The smallest absolute Gasteiger partial charge is 0.311 e. The number of nitrogens with two attached hydrogens (primary N) is 1. The average molecular weight is 247 g/mol. The van der Waals surface area contributed by atoms with E-state index in [0.717, 1.165) is 24.8 Å². The van der Waals surface area contributed by atoms with Crippen molar-refractivity contribution in [3.8, 4) is 0 Å². The number of anilines is 1. The van der Waals surface area contributed by atoms with Crippen molar-refractivity contribution in [3.05, 3.63) is 29.8 Å². The van der Waals surface area contributed by atoms with Gasteiger partial charge in [-0.3, -0.25) is 4.79 Å². The zero-order valence-corrected chi connectivity index (χ0v) is 10.8. The predicted molar refractivity (Wildman–Crippen MR) is 72.4 cm³/mol. The first-order valence-electron chi connectivity index (χ1n) is 6.66. The van der Waals surface area contributed by atoms with E-state index in [-0.39, 0.29) is 5.92 Å². The molecule has 0 amide bonds. The molecular weight excluding hydrogens is 226 g/mol. The van der Waals surface area contributed by atoms with E-state index in [1.807, 2.05) is 18.2 Å². The Morgan fingerprint density at radius 2 is 2.11 bits per heavy atom. The second kappa shape index (κ2) is 5.42. The van der Waals surface area contributed by atoms with Gasteiger partial charge in [0, 0.05) is 5.69 Å². The lowest BCUT2D eigenvalue weighted by molar-refractivity contribution is -0.140. The van der Waals surface area contributed by atoms with Gasteiger partial charge < -0.3 is 10.8 Å². The summed E-state index contributed by atoms with van der Waals surface area (Å²) in [5, 5.41) is 9.53. The van der Waals surface area contributed by atoms with Crippen LogP contribution in [-0.4, -0.2) is 11.1 Å². The standard InChI is InChI=1S/C15H21NO2/c1-10-5-4-6-11(9-10)14(15(17)18)12-7-2-3-8-13(12)16/h2-3,7-8,10-11,14H,4-6,9,16H2,1H3,(H,17,18). The molecule has 3 N–H and O–H groups in total. The molecule has 2 rings (SSSR count). The number of hydrogen-bond acceptors (Lipinski definition) is 2. The van der Waals surface area contributed by atoms with Crippen LogP contribution in [0.2, 0.25) is 0 Å². The fourth-order valence-corrected chi connectivity index (χ4v) is 3.17. The van der Waals surface area contributed by atoms with Crippen LogP contribution in [0.5, 0.6) is 0 Å². The Kier molecular flexibility index (Phi) is 3.90. The van der Waals surface area contributed by atoms with E-state index in [2.05, 4.69) is 6.92 Å². The number of carboxylic acid groups (broad SMARTS) is 1. The Morgan fingerprint density at radius 1 is 1.39 bits per heavy atom. The van der Waals surface area contributed by atoms with Crippen molar-refractivity contribution in [3.63, 3.8) is 0 Å². The Balaban J connectivity index is 2.28. The molecule has 1 saturated carbocycles. The van der Waals surface area contributed by atoms with Crippen molar-refractivity contribution < 1.29 is 9.90 Å². The SMILES string of the molecule is CC1CCCC(C(C(=O)O)c2ccccc2N)C1. The summed E-state index contributed by atoms with van der Waals surface area (Å²) in [6, 6.07) is 7.36. The number of carbonyl (C=O) groups is 1. The maximum Gasteiger partial charge on any atom is 0.311 e. The summed E-state index contributed by atoms with van der Waals surface area (Å²) < 4.78 is 0. The minimum atomic E-state index is -0.744. The fourth-order valence-electron chi connectivity index (χ4n) is 3.17. The van der Waals surface area contributed by atoms with Gasteiger partial charge in [0.1, 0.15) is 0 Å². The second-order valence-corrected chi connectivity index (χ2v) is 5.48. The van der Waals surface area contributed by atoms with Crippen molar-refractivity contribution in [2.45, 2.75) is 38.5 Å². The highest BCUT2D eigenvalue weighted by Crippen LogP contribution is 2.40. The van der Waals surface area contributed by atoms with E-state index >= 15 is 0 Å². The Morgan fingerprint density at radius 3 is 2.72 bits per heavy atom. The van der Waals surface area contributed by atoms with Gasteiger partial charge in [-0.15, -0.1) is 0 Å². The van der Waals surface area contributed by atoms with E-state index in [1.54, 1.807) is 6.07 Å². The molecule has 3 nitrogen and oxygen atoms in total. The quantitative estimate of drug-likeness (QED) is 0.806. The molecule has 3 heteroatoms. The van der Waals surface area contributed by atoms with Crippen molar-refractivity contribution in [2.75, 3.05) is 5.73 Å². The first kappa shape index (κ1) is 12.9. The van der Waals surface area contributed by atoms with Crippen LogP contribution in [0.15, 0.2) is 24.3 Å². The highest BCUT2D eigenvalue weighted by Gasteiger charge is 2.33. The molecule has 0 saturated heterocycles. The number of aliphatic carboxylic acids is 1. The lowest BCUT2D eigenvalue weighted by Gasteiger charge is -2.31. The Bertz CT molecular complexity index is 430. The molecular formula is C15H21NO2. The highest BCUT2D eigenvalue weighted by atomic mass is 16.4. The van der Waals surface area contributed by atoms with Gasteiger partial charge in [-0.25, -0.2) is 0 Å². The molecule has 0 radical (unpaired) electrons. The van der Waals surface area contributed by atoms with E-state index < -0.39 is 11.9 Å². The van der Waals surface area contributed by atoms with Crippen molar-refractivity contribution >= 4 is 11.7 Å². The minimum Gasteiger partial charge on any atom is -0.481 e. The first-order valence-corrected chi connectivity index (χ1v) is 6.66. The maximum atomic E-state index is 11.6. The first-order chi connectivity index (χ1) is 8.59. The van der Waals surface area contributed by atoms with Gasteiger partial charge in [-0.05, 0) is 36.3 Å². The summed E-state index contributed by atoms with van der Waals surface area (Å²) in [7, 11) is 0. The highest BCUT2D eigenvalue weighted by molar-refractivity contribution is 5.79. The van der Waals surface area contributed by atoms with Crippen LogP contribution < -0.4 is 5.73 Å². The largest absolute Gasteiger partial charge is 0.481 e. The number of para-hydroxylation sites is 1. The van der Waals surface area contributed by atoms with Gasteiger partial charge in [0.2, 0.25) is 0 Å². The summed E-state index contributed by atoms with van der Waals surface area (Å²) in [5.41, 5.74) is 7.32. The number of benzene rings is 1. The van der Waals surface area contributed by atoms with Gasteiger partial charge in [-0.2, -0.15) is 0 Å². The molecule has 0 aliphatic heterocycles. The van der Waals surface area contributed by atoms with Gasteiger partial charge in [0.05, 0.1) is 5.92 Å². The topological polar surface area (TPSA) is 63.3 Å². The fraction of sp³-hybridized carbons (Fsp3) is 0.533. The van der Waals surface area contributed by atoms with Crippen molar-refractivity contribution in [1.29, 1.82) is 0 Å². The number of hydrogen-bond donors (Lipinski definition) is 2. The normalized spacial score (nSPS) is 25.6. The number of rotatable bonds is 3. The van der Waals surface area contributed by atoms with Gasteiger partial charge in [0.25, 0.3) is 0 Å². The van der Waals surface area contributed by atoms with Crippen LogP contribution >= 0.6 is 0 Å². The molecule has 1 aromatic rings. The number of carboxylic acids is 1. The second-order valence-electron chi connectivity index (χ2n) is 5.48. The molecule has 1 fully saturated rings. The third-order valence-corrected chi connectivity index (χ3v) is 4.05. The van der Waals surface area contributed by atoms with Crippen LogP contribution in [-0.2, 0) is 4.79 Å². The summed E-state index contributed by atoms with van der Waals surface area (Å²) in [6.07, 6.45) is 4.33. The predicted octanol–water partition coefficient (Wildman–Crippen LogP) is 3.26. The lowest BCUT2D eigenvalue weighted by atomic mass is 9.73. The lowest BCUT2D eigenvalue weighted by Crippen LogP contribution is -2.26. The van der Waals surface area contributed by atoms with Crippen LogP contribution in [0.3, 0.4) is 0 Å². The van der Waals surface area contributed by atoms with Crippen LogP contribution in [0.1, 0.15) is 44.1 Å². The zero-order valence-electron chi connectivity index (χ0n) is 10.8. The van der Waals surface area contributed by atoms with Crippen LogP contribution in [0, 0.1) is 11.8 Å². The molecule has 98 valence electrons. The molecule has 1 aliphatic rings. The molecule has 1 aliphatic carbocycles. The van der Waals surface area contributed by atoms with Crippen LogP contribution in [0.4, 0.5) is 5.69 Å². The molecule has 3 unspecified atom stereocenters. The maximum absolute atomic E-state index is 11.6. The molecule has 3 atom stereocenters.